The van der Waals surface area contributed by atoms with Crippen LogP contribution >= 0.6 is 11.3 Å². The second-order valence-electron chi connectivity index (χ2n) is 8.10. The second kappa shape index (κ2) is 9.52. The van der Waals surface area contributed by atoms with Crippen LogP contribution in [0.25, 0.3) is 21.3 Å². The van der Waals surface area contributed by atoms with Crippen LogP contribution in [0.1, 0.15) is 23.5 Å². The molecule has 1 amide bonds. The molecule has 0 saturated heterocycles. The summed E-state index contributed by atoms with van der Waals surface area (Å²) in [5, 5.41) is 2.56. The number of thiophene rings is 1. The van der Waals surface area contributed by atoms with Crippen molar-refractivity contribution in [3.8, 4) is 11.1 Å². The standard InChI is InChI=1S/C26H23N3O4S/c1-18-6-8-19(9-7-18)22-16-34-25-24(22)26(31)28(17-27-25)11-10-23(30)29(14-20-4-2-12-32-20)15-21-5-3-13-33-21/h2-9,12-13,16-17H,10-11,14-15H2,1H3. The summed E-state index contributed by atoms with van der Waals surface area (Å²) in [6.45, 7) is 2.90. The van der Waals surface area contributed by atoms with Crippen molar-refractivity contribution in [2.75, 3.05) is 0 Å². The molecule has 7 nitrogen and oxygen atoms in total. The monoisotopic (exact) mass is 473 g/mol. The van der Waals surface area contributed by atoms with E-state index in [9.17, 15) is 9.59 Å². The predicted molar refractivity (Wildman–Crippen MR) is 130 cm³/mol. The summed E-state index contributed by atoms with van der Waals surface area (Å²) in [5.74, 6) is 1.26. The Morgan fingerprint density at radius 3 is 2.32 bits per heavy atom. The summed E-state index contributed by atoms with van der Waals surface area (Å²) in [4.78, 5) is 33.3. The lowest BCUT2D eigenvalue weighted by Gasteiger charge is -2.21. The van der Waals surface area contributed by atoms with Gasteiger partial charge >= 0.3 is 0 Å². The molecule has 8 heteroatoms. The molecular formula is C26H23N3O4S. The van der Waals surface area contributed by atoms with Crippen LogP contribution in [-0.2, 0) is 24.4 Å². The molecular weight excluding hydrogens is 450 g/mol. The van der Waals surface area contributed by atoms with Gasteiger partial charge in [0.2, 0.25) is 5.91 Å². The van der Waals surface area contributed by atoms with Gasteiger partial charge in [-0.15, -0.1) is 11.3 Å². The molecule has 0 spiro atoms. The Morgan fingerprint density at radius 1 is 1.03 bits per heavy atom. The molecule has 0 radical (unpaired) electrons. The van der Waals surface area contributed by atoms with Gasteiger partial charge in [-0.25, -0.2) is 4.98 Å². The van der Waals surface area contributed by atoms with Gasteiger partial charge in [0.05, 0.1) is 37.3 Å². The van der Waals surface area contributed by atoms with Gasteiger partial charge < -0.3 is 13.7 Å². The van der Waals surface area contributed by atoms with Crippen molar-refractivity contribution in [2.24, 2.45) is 0 Å². The molecule has 0 aliphatic heterocycles. The number of furan rings is 2. The van der Waals surface area contributed by atoms with Crippen LogP contribution in [0.15, 0.2) is 86.4 Å². The van der Waals surface area contributed by atoms with Crippen molar-refractivity contribution in [1.82, 2.24) is 14.5 Å². The van der Waals surface area contributed by atoms with Gasteiger partial charge in [0.15, 0.2) is 0 Å². The summed E-state index contributed by atoms with van der Waals surface area (Å²) in [5.41, 5.74) is 2.87. The summed E-state index contributed by atoms with van der Waals surface area (Å²) in [6, 6.07) is 15.3. The van der Waals surface area contributed by atoms with Crippen LogP contribution in [0.3, 0.4) is 0 Å². The van der Waals surface area contributed by atoms with E-state index in [4.69, 9.17) is 8.83 Å². The number of aryl methyl sites for hydroxylation is 2. The maximum absolute atomic E-state index is 13.3. The van der Waals surface area contributed by atoms with E-state index in [0.29, 0.717) is 34.8 Å². The highest BCUT2D eigenvalue weighted by Gasteiger charge is 2.19. The van der Waals surface area contributed by atoms with Crippen LogP contribution in [-0.4, -0.2) is 20.4 Å². The van der Waals surface area contributed by atoms with Crippen molar-refractivity contribution >= 4 is 27.5 Å². The van der Waals surface area contributed by atoms with Gasteiger partial charge in [-0.1, -0.05) is 29.8 Å². The molecule has 5 aromatic rings. The quantitative estimate of drug-likeness (QED) is 0.308. The van der Waals surface area contributed by atoms with Crippen LogP contribution in [0.4, 0.5) is 0 Å². The maximum Gasteiger partial charge on any atom is 0.262 e. The number of nitrogens with zero attached hydrogens (tertiary/aromatic N) is 3. The molecule has 0 bridgehead atoms. The van der Waals surface area contributed by atoms with Crippen molar-refractivity contribution in [1.29, 1.82) is 0 Å². The number of carbonyl (C=O) groups excluding carboxylic acids is 1. The minimum absolute atomic E-state index is 0.108. The molecule has 0 N–H and O–H groups in total. The number of benzene rings is 1. The third-order valence-corrected chi connectivity index (χ3v) is 6.58. The Morgan fingerprint density at radius 2 is 1.71 bits per heavy atom. The summed E-state index contributed by atoms with van der Waals surface area (Å²) in [6.07, 6.45) is 4.84. The Hall–Kier alpha value is -3.91. The lowest BCUT2D eigenvalue weighted by molar-refractivity contribution is -0.133. The maximum atomic E-state index is 13.3. The zero-order valence-corrected chi connectivity index (χ0v) is 19.5. The number of rotatable bonds is 8. The third-order valence-electron chi connectivity index (χ3n) is 5.70. The molecule has 0 unspecified atom stereocenters. The fourth-order valence-electron chi connectivity index (χ4n) is 3.86. The lowest BCUT2D eigenvalue weighted by atomic mass is 10.1. The lowest BCUT2D eigenvalue weighted by Crippen LogP contribution is -2.31. The van der Waals surface area contributed by atoms with E-state index in [2.05, 4.69) is 4.98 Å². The zero-order valence-electron chi connectivity index (χ0n) is 18.6. The molecule has 0 aliphatic rings. The van der Waals surface area contributed by atoms with E-state index in [-0.39, 0.29) is 24.4 Å². The van der Waals surface area contributed by atoms with Gasteiger partial charge in [0, 0.05) is 23.9 Å². The molecule has 0 saturated carbocycles. The van der Waals surface area contributed by atoms with Gasteiger partial charge in [-0.05, 0) is 36.8 Å². The molecule has 34 heavy (non-hydrogen) atoms. The fraction of sp³-hybridized carbons (Fsp3) is 0.192. The first-order valence-corrected chi connectivity index (χ1v) is 11.8. The minimum atomic E-state index is -0.141. The highest BCUT2D eigenvalue weighted by molar-refractivity contribution is 7.17. The van der Waals surface area contributed by atoms with Gasteiger partial charge in [-0.2, -0.15) is 0 Å². The molecule has 4 heterocycles. The van der Waals surface area contributed by atoms with E-state index < -0.39 is 0 Å². The minimum Gasteiger partial charge on any atom is -0.467 e. The summed E-state index contributed by atoms with van der Waals surface area (Å²) in [7, 11) is 0. The molecule has 0 aliphatic carbocycles. The molecule has 0 fully saturated rings. The Labute approximate surface area is 199 Å². The fourth-order valence-corrected chi connectivity index (χ4v) is 4.77. The Kier molecular flexibility index (Phi) is 6.14. The van der Waals surface area contributed by atoms with Crippen molar-refractivity contribution < 1.29 is 13.6 Å². The largest absolute Gasteiger partial charge is 0.467 e. The topological polar surface area (TPSA) is 81.5 Å². The Balaban J connectivity index is 1.37. The Bertz CT molecular complexity index is 1410. The first kappa shape index (κ1) is 21.9. The van der Waals surface area contributed by atoms with Gasteiger partial charge in [0.25, 0.3) is 5.56 Å². The number of aromatic nitrogens is 2. The van der Waals surface area contributed by atoms with Crippen molar-refractivity contribution in [3.63, 3.8) is 0 Å². The molecule has 0 atom stereocenters. The number of hydrogen-bond acceptors (Lipinski definition) is 6. The van der Waals surface area contributed by atoms with Crippen molar-refractivity contribution in [3.05, 3.63) is 100 Å². The third kappa shape index (κ3) is 4.58. The number of amides is 1. The SMILES string of the molecule is Cc1ccc(-c2csc3ncn(CCC(=O)N(Cc4ccco4)Cc4ccco4)c(=O)c23)cc1. The average Bonchev–Trinajstić information content (AvgIpc) is 3.61. The van der Waals surface area contributed by atoms with Gasteiger partial charge in [0.1, 0.15) is 16.4 Å². The smallest absolute Gasteiger partial charge is 0.262 e. The molecule has 5 rings (SSSR count). The van der Waals surface area contributed by atoms with Crippen LogP contribution in [0.2, 0.25) is 0 Å². The normalized spacial score (nSPS) is 11.2. The predicted octanol–water partition coefficient (Wildman–Crippen LogP) is 5.24. The van der Waals surface area contributed by atoms with Crippen LogP contribution in [0, 0.1) is 6.92 Å². The molecule has 4 aromatic heterocycles. The van der Waals surface area contributed by atoms with Crippen molar-refractivity contribution in [2.45, 2.75) is 33.0 Å². The number of carbonyl (C=O) groups is 1. The van der Waals surface area contributed by atoms with E-state index >= 15 is 0 Å². The summed E-state index contributed by atoms with van der Waals surface area (Å²) < 4.78 is 12.4. The van der Waals surface area contributed by atoms with Crippen LogP contribution < -0.4 is 5.56 Å². The zero-order chi connectivity index (χ0) is 23.5. The summed E-state index contributed by atoms with van der Waals surface area (Å²) >= 11 is 1.45. The van der Waals surface area contributed by atoms with E-state index in [1.807, 2.05) is 48.7 Å². The molecule has 172 valence electrons. The first-order chi connectivity index (χ1) is 16.6. The molecule has 1 aromatic carbocycles. The first-order valence-electron chi connectivity index (χ1n) is 10.9. The average molecular weight is 474 g/mol. The van der Waals surface area contributed by atoms with Gasteiger partial charge in [-0.3, -0.25) is 14.2 Å². The van der Waals surface area contributed by atoms with Crippen LogP contribution in [0.5, 0.6) is 0 Å². The number of hydrogen-bond donors (Lipinski definition) is 0. The van der Waals surface area contributed by atoms with E-state index in [1.54, 1.807) is 29.6 Å². The highest BCUT2D eigenvalue weighted by Crippen LogP contribution is 2.30. The van der Waals surface area contributed by atoms with E-state index in [1.165, 1.54) is 22.2 Å². The number of fused-ring (bicyclic) bond motifs is 1. The van der Waals surface area contributed by atoms with E-state index in [0.717, 1.165) is 16.7 Å². The highest BCUT2D eigenvalue weighted by atomic mass is 32.1. The second-order valence-corrected chi connectivity index (χ2v) is 8.96.